The van der Waals surface area contributed by atoms with E-state index in [0.29, 0.717) is 45.9 Å². The number of carbonyl (C=O) groups is 2. The first kappa shape index (κ1) is 32.3. The van der Waals surface area contributed by atoms with E-state index in [1.54, 1.807) is 48.0 Å². The number of fused-ring (bicyclic) bond motifs is 1. The van der Waals surface area contributed by atoms with Gasteiger partial charge in [-0.25, -0.2) is 9.78 Å². The molecule has 1 amide bonds. The van der Waals surface area contributed by atoms with Crippen LogP contribution in [0.15, 0.2) is 48.8 Å². The predicted octanol–water partition coefficient (Wildman–Crippen LogP) is 5.82. The molecule has 1 spiro atoms. The summed E-state index contributed by atoms with van der Waals surface area (Å²) >= 11 is 0. The van der Waals surface area contributed by atoms with Crippen LogP contribution in [0.5, 0.6) is 0 Å². The Morgan fingerprint density at radius 3 is 2.59 bits per heavy atom. The van der Waals surface area contributed by atoms with Crippen molar-refractivity contribution in [1.82, 2.24) is 24.6 Å². The minimum atomic E-state index is -4.67. The average molecular weight is 671 g/mol. The highest BCUT2D eigenvalue weighted by molar-refractivity contribution is 6.10. The van der Waals surface area contributed by atoms with Gasteiger partial charge >= 0.3 is 12.1 Å². The second-order valence-electron chi connectivity index (χ2n) is 13.0. The Hall–Kier alpha value is -5.29. The van der Waals surface area contributed by atoms with Crippen LogP contribution in [0.2, 0.25) is 0 Å². The lowest BCUT2D eigenvalue weighted by atomic mass is 9.96. The highest BCUT2D eigenvalue weighted by Crippen LogP contribution is 2.53. The third-order valence-corrected chi connectivity index (χ3v) is 9.62. The van der Waals surface area contributed by atoms with Crippen LogP contribution in [0.3, 0.4) is 0 Å². The van der Waals surface area contributed by atoms with Crippen molar-refractivity contribution in [3.8, 4) is 28.6 Å². The number of nitriles is 1. The number of rotatable bonds is 9. The molecule has 1 aliphatic carbocycles. The number of benzene rings is 2. The first-order chi connectivity index (χ1) is 23.5. The number of aromatic nitrogens is 4. The zero-order chi connectivity index (χ0) is 34.5. The second-order valence-corrected chi connectivity index (χ2v) is 13.0. The van der Waals surface area contributed by atoms with Gasteiger partial charge in [0.15, 0.2) is 5.82 Å². The van der Waals surface area contributed by atoms with Crippen molar-refractivity contribution in [2.75, 3.05) is 37.0 Å². The number of amides is 1. The number of carbonyl (C=O) groups excluding carboxylic acids is 2. The fourth-order valence-corrected chi connectivity index (χ4v) is 6.90. The maximum absolute atomic E-state index is 14.5. The Kier molecular flexibility index (Phi) is 8.10. The molecule has 0 bridgehead atoms. The van der Waals surface area contributed by atoms with E-state index in [1.807, 2.05) is 0 Å². The lowest BCUT2D eigenvalue weighted by Crippen LogP contribution is -2.24. The van der Waals surface area contributed by atoms with Gasteiger partial charge in [-0.15, -0.1) is 10.2 Å². The Balaban J connectivity index is 1.31. The number of likely N-dealkylation sites (tertiary alicyclic amines) is 1. The third-order valence-electron chi connectivity index (χ3n) is 9.62. The quantitative estimate of drug-likeness (QED) is 0.173. The van der Waals surface area contributed by atoms with Crippen LogP contribution >= 0.6 is 0 Å². The van der Waals surface area contributed by atoms with Crippen LogP contribution in [-0.2, 0) is 31.1 Å². The normalized spacial score (nSPS) is 16.6. The van der Waals surface area contributed by atoms with Gasteiger partial charge in [-0.2, -0.15) is 18.4 Å². The number of hydrogen-bond donors (Lipinski definition) is 1. The van der Waals surface area contributed by atoms with Crippen LogP contribution in [0.1, 0.15) is 63.1 Å². The van der Waals surface area contributed by atoms with Crippen LogP contribution in [-0.4, -0.2) is 63.3 Å². The molecule has 4 heterocycles. The Labute approximate surface area is 280 Å². The summed E-state index contributed by atoms with van der Waals surface area (Å²) in [7, 11) is 3.03. The van der Waals surface area contributed by atoms with Crippen molar-refractivity contribution in [3.05, 3.63) is 76.6 Å². The van der Waals surface area contributed by atoms with Gasteiger partial charge in [0.2, 0.25) is 0 Å². The molecule has 1 N–H and O–H groups in total. The molecule has 4 aromatic rings. The molecule has 2 aromatic carbocycles. The van der Waals surface area contributed by atoms with Gasteiger partial charge in [0.1, 0.15) is 18.0 Å². The summed E-state index contributed by atoms with van der Waals surface area (Å²) in [4.78, 5) is 34.6. The van der Waals surface area contributed by atoms with Gasteiger partial charge in [0.05, 0.1) is 37.3 Å². The molecule has 49 heavy (non-hydrogen) atoms. The number of nitrogens with zero attached hydrogens (tertiary/aromatic N) is 7. The Morgan fingerprint density at radius 2 is 1.92 bits per heavy atom. The van der Waals surface area contributed by atoms with Gasteiger partial charge in [-0.05, 0) is 95.9 Å². The van der Waals surface area contributed by atoms with E-state index in [-0.39, 0.29) is 42.0 Å². The molecule has 2 aliphatic heterocycles. The number of esters is 1. The van der Waals surface area contributed by atoms with Crippen molar-refractivity contribution in [2.24, 2.45) is 12.5 Å². The molecule has 252 valence electrons. The zero-order valence-corrected chi connectivity index (χ0v) is 27.0. The molecule has 0 unspecified atom stereocenters. The summed E-state index contributed by atoms with van der Waals surface area (Å²) < 4.78 is 50.3. The molecule has 11 nitrogen and oxygen atoms in total. The summed E-state index contributed by atoms with van der Waals surface area (Å²) in [5.74, 6) is -0.281. The minimum Gasteiger partial charge on any atom is -0.465 e. The number of anilines is 2. The van der Waals surface area contributed by atoms with Crippen LogP contribution < -0.4 is 10.2 Å². The second kappa shape index (κ2) is 12.3. The van der Waals surface area contributed by atoms with E-state index in [0.717, 1.165) is 32.4 Å². The molecule has 1 saturated carbocycles. The molecule has 2 aromatic heterocycles. The fourth-order valence-electron chi connectivity index (χ4n) is 6.90. The molecule has 3 aliphatic rings. The standard InChI is InChI=1S/C35H33F3N8O3/c1-44-20-41-43-31(44)24-5-4-22(33(48)49-2)14-25(24)23-15-29(40-10-3-9-39)42-30(16-23)46-18-27-26(32(46)47)12-21(13-28(27)35(36,37)38)17-45-11-8-34(19-45)6-7-34/h4-5,12-16,20H,3,6-8,10-11,17-19H2,1-2H3,(H,40,42). The molecular weight excluding hydrogens is 637 g/mol. The molecular formula is C35H33F3N8O3. The monoisotopic (exact) mass is 670 g/mol. The van der Waals surface area contributed by atoms with Gasteiger partial charge in [-0.3, -0.25) is 14.6 Å². The van der Waals surface area contributed by atoms with Crippen molar-refractivity contribution >= 4 is 23.5 Å². The molecule has 0 atom stereocenters. The van der Waals surface area contributed by atoms with Crippen LogP contribution in [0.4, 0.5) is 24.8 Å². The van der Waals surface area contributed by atoms with E-state index in [4.69, 9.17) is 10.00 Å². The summed E-state index contributed by atoms with van der Waals surface area (Å²) in [6, 6.07) is 13.0. The predicted molar refractivity (Wildman–Crippen MR) is 173 cm³/mol. The van der Waals surface area contributed by atoms with Crippen LogP contribution in [0, 0.1) is 16.7 Å². The molecule has 2 fully saturated rings. The maximum Gasteiger partial charge on any atom is 0.416 e. The van der Waals surface area contributed by atoms with Gasteiger partial charge in [0.25, 0.3) is 5.91 Å². The van der Waals surface area contributed by atoms with Crippen molar-refractivity contribution in [1.29, 1.82) is 5.26 Å². The maximum atomic E-state index is 14.5. The van der Waals surface area contributed by atoms with Gasteiger partial charge in [0, 0.05) is 37.8 Å². The summed E-state index contributed by atoms with van der Waals surface area (Å²) in [6.07, 6.45) is 0.374. The molecule has 1 saturated heterocycles. The first-order valence-electron chi connectivity index (χ1n) is 16.0. The number of methoxy groups -OCH3 is 1. The van der Waals surface area contributed by atoms with E-state index < -0.39 is 23.6 Å². The lowest BCUT2D eigenvalue weighted by Gasteiger charge is -2.19. The number of nitrogens with one attached hydrogen (secondary N) is 1. The van der Waals surface area contributed by atoms with E-state index >= 15 is 0 Å². The zero-order valence-electron chi connectivity index (χ0n) is 27.0. The Bertz CT molecular complexity index is 2010. The van der Waals surface area contributed by atoms with Gasteiger partial charge in [-0.1, -0.05) is 0 Å². The molecule has 7 rings (SSSR count). The van der Waals surface area contributed by atoms with Crippen molar-refractivity contribution in [2.45, 2.75) is 44.9 Å². The molecule has 14 heteroatoms. The number of halogens is 3. The smallest absolute Gasteiger partial charge is 0.416 e. The third kappa shape index (κ3) is 6.22. The topological polar surface area (TPSA) is 129 Å². The average Bonchev–Trinajstić information content (AvgIpc) is 3.33. The van der Waals surface area contributed by atoms with Crippen molar-refractivity contribution in [3.63, 3.8) is 0 Å². The number of pyridine rings is 1. The molecule has 0 radical (unpaired) electrons. The lowest BCUT2D eigenvalue weighted by molar-refractivity contribution is -0.138. The van der Waals surface area contributed by atoms with Crippen molar-refractivity contribution < 1.29 is 27.5 Å². The number of hydrogen-bond acceptors (Lipinski definition) is 9. The van der Waals surface area contributed by atoms with E-state index in [9.17, 15) is 22.8 Å². The summed E-state index contributed by atoms with van der Waals surface area (Å²) in [5, 5.41) is 20.4. The highest BCUT2D eigenvalue weighted by Gasteiger charge is 2.48. The minimum absolute atomic E-state index is 0.00353. The van der Waals surface area contributed by atoms with E-state index in [1.165, 1.54) is 24.4 Å². The first-order valence-corrected chi connectivity index (χ1v) is 16.0. The Morgan fingerprint density at radius 1 is 1.10 bits per heavy atom. The van der Waals surface area contributed by atoms with E-state index in [2.05, 4.69) is 31.5 Å². The summed E-state index contributed by atoms with van der Waals surface area (Å²) in [6.45, 7) is 1.93. The number of ether oxygens (including phenoxy) is 1. The SMILES string of the molecule is COC(=O)c1ccc(-c2nncn2C)c(-c2cc(NCCC#N)nc(N3Cc4c(cc(CN5CCC6(CC6)C5)cc4C(F)(F)F)C3=O)c2)c1. The van der Waals surface area contributed by atoms with Gasteiger partial charge < -0.3 is 14.6 Å². The summed E-state index contributed by atoms with van der Waals surface area (Å²) in [5.41, 5.74) is 1.71. The highest BCUT2D eigenvalue weighted by atomic mass is 19.4. The number of alkyl halides is 3. The largest absolute Gasteiger partial charge is 0.465 e. The fraction of sp³-hybridized carbons (Fsp3) is 0.371. The van der Waals surface area contributed by atoms with Crippen LogP contribution in [0.25, 0.3) is 22.5 Å². The number of aryl methyl sites for hydroxylation is 1.